The van der Waals surface area contributed by atoms with E-state index in [0.29, 0.717) is 11.3 Å². The molecule has 0 amide bonds. The van der Waals surface area contributed by atoms with E-state index in [1.807, 2.05) is 0 Å². The van der Waals surface area contributed by atoms with Crippen molar-refractivity contribution in [3.63, 3.8) is 0 Å². The van der Waals surface area contributed by atoms with Crippen molar-refractivity contribution in [3.05, 3.63) is 29.8 Å². The number of carbonyl (C=O) groups excluding carboxylic acids is 1. The molecule has 0 bridgehead atoms. The lowest BCUT2D eigenvalue weighted by Crippen LogP contribution is -2.34. The SMILES string of the molecule is CCS(=O)(=O)Nc1ccc(C(=O)C2CCCNC2)cc1. The normalized spacial score (nSPS) is 19.6. The molecule has 1 unspecified atom stereocenters. The first-order chi connectivity index (χ1) is 9.52. The Morgan fingerprint density at radius 2 is 2.05 bits per heavy atom. The number of sulfonamides is 1. The first-order valence-electron chi connectivity index (χ1n) is 6.87. The zero-order valence-corrected chi connectivity index (χ0v) is 12.4. The molecule has 0 saturated carbocycles. The van der Waals surface area contributed by atoms with E-state index in [-0.39, 0.29) is 17.5 Å². The first kappa shape index (κ1) is 15.0. The van der Waals surface area contributed by atoms with Crippen molar-refractivity contribution in [3.8, 4) is 0 Å². The molecule has 1 aliphatic heterocycles. The summed E-state index contributed by atoms with van der Waals surface area (Å²) in [5.74, 6) is 0.186. The molecule has 0 radical (unpaired) electrons. The topological polar surface area (TPSA) is 75.3 Å². The average molecular weight is 296 g/mol. The smallest absolute Gasteiger partial charge is 0.232 e. The van der Waals surface area contributed by atoms with E-state index in [2.05, 4.69) is 10.0 Å². The maximum atomic E-state index is 12.3. The van der Waals surface area contributed by atoms with Gasteiger partial charge >= 0.3 is 0 Å². The average Bonchev–Trinajstić information content (AvgIpc) is 2.48. The Bertz CT molecular complexity index is 561. The van der Waals surface area contributed by atoms with Crippen molar-refractivity contribution in [2.45, 2.75) is 19.8 Å². The number of hydrogen-bond acceptors (Lipinski definition) is 4. The molecule has 1 aliphatic rings. The summed E-state index contributed by atoms with van der Waals surface area (Å²) in [5.41, 5.74) is 1.13. The third-order valence-corrected chi connectivity index (χ3v) is 4.80. The van der Waals surface area contributed by atoms with Gasteiger partial charge in [-0.05, 0) is 50.6 Å². The number of hydrogen-bond donors (Lipinski definition) is 2. The van der Waals surface area contributed by atoms with Crippen molar-refractivity contribution in [2.24, 2.45) is 5.92 Å². The molecular weight excluding hydrogens is 276 g/mol. The second kappa shape index (κ2) is 6.37. The molecule has 0 aliphatic carbocycles. The maximum absolute atomic E-state index is 12.3. The van der Waals surface area contributed by atoms with Gasteiger partial charge in [0.15, 0.2) is 5.78 Å². The Hall–Kier alpha value is -1.40. The van der Waals surface area contributed by atoms with E-state index in [1.54, 1.807) is 31.2 Å². The number of benzene rings is 1. The number of carbonyl (C=O) groups is 1. The van der Waals surface area contributed by atoms with Crippen molar-refractivity contribution < 1.29 is 13.2 Å². The fraction of sp³-hybridized carbons (Fsp3) is 0.500. The van der Waals surface area contributed by atoms with Crippen LogP contribution in [0.15, 0.2) is 24.3 Å². The summed E-state index contributed by atoms with van der Waals surface area (Å²) in [6.07, 6.45) is 1.93. The van der Waals surface area contributed by atoms with E-state index < -0.39 is 10.0 Å². The van der Waals surface area contributed by atoms with Gasteiger partial charge in [0.25, 0.3) is 0 Å². The molecule has 1 saturated heterocycles. The summed E-state index contributed by atoms with van der Waals surface area (Å²) in [5, 5.41) is 3.22. The minimum absolute atomic E-state index is 0.0292. The van der Waals surface area contributed by atoms with Crippen molar-refractivity contribution in [2.75, 3.05) is 23.6 Å². The lowest BCUT2D eigenvalue weighted by atomic mass is 9.91. The van der Waals surface area contributed by atoms with E-state index in [9.17, 15) is 13.2 Å². The predicted octanol–water partition coefficient (Wildman–Crippen LogP) is 1.63. The van der Waals surface area contributed by atoms with E-state index >= 15 is 0 Å². The van der Waals surface area contributed by atoms with Crippen LogP contribution in [0.5, 0.6) is 0 Å². The van der Waals surface area contributed by atoms with Crippen LogP contribution in [0.1, 0.15) is 30.1 Å². The maximum Gasteiger partial charge on any atom is 0.232 e. The zero-order valence-electron chi connectivity index (χ0n) is 11.6. The predicted molar refractivity (Wildman–Crippen MR) is 79.4 cm³/mol. The van der Waals surface area contributed by atoms with Gasteiger partial charge in [0.05, 0.1) is 5.75 Å². The summed E-state index contributed by atoms with van der Waals surface area (Å²) in [7, 11) is -3.27. The summed E-state index contributed by atoms with van der Waals surface area (Å²) in [6.45, 7) is 3.28. The van der Waals surface area contributed by atoms with Gasteiger partial charge in [-0.1, -0.05) is 0 Å². The van der Waals surface area contributed by atoms with Gasteiger partial charge in [0, 0.05) is 23.7 Å². The highest BCUT2D eigenvalue weighted by atomic mass is 32.2. The van der Waals surface area contributed by atoms with Crippen LogP contribution in [0.4, 0.5) is 5.69 Å². The summed E-state index contributed by atoms with van der Waals surface area (Å²) < 4.78 is 25.4. The molecule has 0 aromatic heterocycles. The second-order valence-corrected chi connectivity index (χ2v) is 7.00. The Morgan fingerprint density at radius 3 is 2.60 bits per heavy atom. The summed E-state index contributed by atoms with van der Waals surface area (Å²) in [4.78, 5) is 12.3. The number of Topliss-reactive ketones (excluding diaryl/α,β-unsaturated/α-hetero) is 1. The highest BCUT2D eigenvalue weighted by Gasteiger charge is 2.22. The molecule has 20 heavy (non-hydrogen) atoms. The molecule has 1 atom stereocenters. The summed E-state index contributed by atoms with van der Waals surface area (Å²) in [6, 6.07) is 6.64. The van der Waals surface area contributed by atoms with Crippen LogP contribution in [0, 0.1) is 5.92 Å². The molecule has 2 N–H and O–H groups in total. The number of anilines is 1. The fourth-order valence-electron chi connectivity index (χ4n) is 2.27. The van der Waals surface area contributed by atoms with E-state index in [1.165, 1.54) is 0 Å². The van der Waals surface area contributed by atoms with Crippen molar-refractivity contribution in [1.29, 1.82) is 0 Å². The molecule has 1 aromatic rings. The van der Waals surface area contributed by atoms with Gasteiger partial charge in [-0.2, -0.15) is 0 Å². The minimum Gasteiger partial charge on any atom is -0.316 e. The Labute approximate surface area is 119 Å². The van der Waals surface area contributed by atoms with Crippen molar-refractivity contribution >= 4 is 21.5 Å². The van der Waals surface area contributed by atoms with Crippen LogP contribution in [0.3, 0.4) is 0 Å². The Balaban J connectivity index is 2.06. The molecule has 0 spiro atoms. The first-order valence-corrected chi connectivity index (χ1v) is 8.52. The van der Waals surface area contributed by atoms with Gasteiger partial charge in [-0.25, -0.2) is 8.42 Å². The van der Waals surface area contributed by atoms with Crippen LogP contribution < -0.4 is 10.0 Å². The van der Waals surface area contributed by atoms with Gasteiger partial charge in [-0.3, -0.25) is 9.52 Å². The van der Waals surface area contributed by atoms with E-state index in [0.717, 1.165) is 25.9 Å². The largest absolute Gasteiger partial charge is 0.316 e. The number of rotatable bonds is 5. The fourth-order valence-corrected chi connectivity index (χ4v) is 2.91. The van der Waals surface area contributed by atoms with Crippen LogP contribution in [0.2, 0.25) is 0 Å². The number of ketones is 1. The molecule has 1 fully saturated rings. The monoisotopic (exact) mass is 296 g/mol. The molecule has 1 aromatic carbocycles. The molecule has 110 valence electrons. The van der Waals surface area contributed by atoms with Crippen LogP contribution in [0.25, 0.3) is 0 Å². The summed E-state index contributed by atoms with van der Waals surface area (Å²) >= 11 is 0. The Kier molecular flexibility index (Phi) is 4.77. The highest BCUT2D eigenvalue weighted by Crippen LogP contribution is 2.18. The molecule has 1 heterocycles. The molecular formula is C14H20N2O3S. The van der Waals surface area contributed by atoms with Gasteiger partial charge < -0.3 is 5.32 Å². The lowest BCUT2D eigenvalue weighted by Gasteiger charge is -2.21. The minimum atomic E-state index is -3.27. The van der Waals surface area contributed by atoms with Crippen LogP contribution >= 0.6 is 0 Å². The molecule has 6 heteroatoms. The quantitative estimate of drug-likeness (QED) is 0.810. The van der Waals surface area contributed by atoms with Crippen molar-refractivity contribution in [1.82, 2.24) is 5.32 Å². The number of nitrogens with one attached hydrogen (secondary N) is 2. The molecule has 2 rings (SSSR count). The lowest BCUT2D eigenvalue weighted by molar-refractivity contribution is 0.0899. The highest BCUT2D eigenvalue weighted by molar-refractivity contribution is 7.92. The Morgan fingerprint density at radius 1 is 1.35 bits per heavy atom. The zero-order chi connectivity index (χ0) is 14.6. The van der Waals surface area contributed by atoms with Crippen LogP contribution in [-0.2, 0) is 10.0 Å². The third-order valence-electron chi connectivity index (χ3n) is 3.49. The number of piperidine rings is 1. The molecule has 5 nitrogen and oxygen atoms in total. The van der Waals surface area contributed by atoms with Crippen LogP contribution in [-0.4, -0.2) is 33.0 Å². The second-order valence-electron chi connectivity index (χ2n) is 4.99. The van der Waals surface area contributed by atoms with E-state index in [4.69, 9.17) is 0 Å². The standard InChI is InChI=1S/C14H20N2O3S/c1-2-20(18,19)16-13-7-5-11(6-8-13)14(17)12-4-3-9-15-10-12/h5-8,12,15-16H,2-4,9-10H2,1H3. The third kappa shape index (κ3) is 3.80. The van der Waals surface area contributed by atoms with Gasteiger partial charge in [-0.15, -0.1) is 0 Å². The van der Waals surface area contributed by atoms with Gasteiger partial charge in [0.1, 0.15) is 0 Å². The van der Waals surface area contributed by atoms with Gasteiger partial charge in [0.2, 0.25) is 10.0 Å².